The van der Waals surface area contributed by atoms with Gasteiger partial charge in [-0.2, -0.15) is 18.3 Å². The zero-order chi connectivity index (χ0) is 26.7. The van der Waals surface area contributed by atoms with Crippen molar-refractivity contribution in [2.45, 2.75) is 63.6 Å². The summed E-state index contributed by atoms with van der Waals surface area (Å²) < 4.78 is 46.6. The Labute approximate surface area is 210 Å². The van der Waals surface area contributed by atoms with Gasteiger partial charge in [-0.05, 0) is 56.9 Å². The topological polar surface area (TPSA) is 123 Å². The van der Waals surface area contributed by atoms with Crippen LogP contribution in [-0.2, 0) is 29.3 Å². The van der Waals surface area contributed by atoms with E-state index >= 15 is 0 Å². The van der Waals surface area contributed by atoms with Gasteiger partial charge in [0.25, 0.3) is 5.56 Å². The van der Waals surface area contributed by atoms with Crippen molar-refractivity contribution < 1.29 is 27.8 Å². The molecule has 3 N–H and O–H groups in total. The second kappa shape index (κ2) is 10.9. The number of alkyl halides is 3. The summed E-state index contributed by atoms with van der Waals surface area (Å²) in [6.45, 7) is 1.74. The van der Waals surface area contributed by atoms with Gasteiger partial charge in [0.05, 0.1) is 30.7 Å². The van der Waals surface area contributed by atoms with E-state index in [4.69, 9.17) is 4.74 Å². The number of hydrogen-bond donors (Lipinski definition) is 3. The number of carbonyl (C=O) groups is 1. The highest BCUT2D eigenvalue weighted by molar-refractivity contribution is 5.87. The Morgan fingerprint density at radius 2 is 1.89 bits per heavy atom. The minimum absolute atomic E-state index is 0.0254. The van der Waals surface area contributed by atoms with Crippen LogP contribution in [0.2, 0.25) is 0 Å². The zero-order valence-corrected chi connectivity index (χ0v) is 20.5. The average Bonchev–Trinajstić information content (AvgIpc) is 3.15. The third-order valence-corrected chi connectivity index (χ3v) is 6.21. The summed E-state index contributed by atoms with van der Waals surface area (Å²) in [6.07, 6.45) is -0.618. The first-order chi connectivity index (χ1) is 17.5. The van der Waals surface area contributed by atoms with Crippen LogP contribution in [0.1, 0.15) is 38.2 Å². The Morgan fingerprint density at radius 1 is 1.22 bits per heavy atom. The van der Waals surface area contributed by atoms with Gasteiger partial charge in [-0.15, -0.1) is 0 Å². The first-order valence-corrected chi connectivity index (χ1v) is 12.0. The lowest BCUT2D eigenvalue weighted by molar-refractivity contribution is -0.137. The quantitative estimate of drug-likeness (QED) is 0.416. The number of aryl methyl sites for hydroxylation is 1. The maximum Gasteiger partial charge on any atom is 0.416 e. The number of aliphatic hydroxyl groups is 1. The number of aromatic nitrogens is 4. The maximum absolute atomic E-state index is 13.1. The monoisotopic (exact) mass is 522 g/mol. The fraction of sp³-hybridized carbons (Fsp3) is 0.500. The highest BCUT2D eigenvalue weighted by Gasteiger charge is 2.30. The smallest absolute Gasteiger partial charge is 0.391 e. The summed E-state index contributed by atoms with van der Waals surface area (Å²) in [5, 5.41) is 19.4. The molecule has 0 bridgehead atoms. The van der Waals surface area contributed by atoms with Crippen LogP contribution in [0.5, 0.6) is 0 Å². The van der Waals surface area contributed by atoms with E-state index in [0.717, 1.165) is 37.8 Å². The van der Waals surface area contributed by atoms with E-state index in [1.807, 2.05) is 0 Å². The standard InChI is InChI=1S/C24H29F3N6O4/c1-14(34)12-37-18-9-7-16(8-10-18)29-19(35)11-33-13-28-20-21(23(33)36)32(2)31-22(20)30-17-5-3-15(4-6-17)24(25,26)27/h3-6,13-14,16,18,34H,7-12H2,1-2H3,(H,29,35)(H,30,31)/t14-,16?,18?/m1/s1. The van der Waals surface area contributed by atoms with Gasteiger partial charge in [-0.25, -0.2) is 4.98 Å². The molecule has 37 heavy (non-hydrogen) atoms. The van der Waals surface area contributed by atoms with Crippen molar-refractivity contribution in [3.05, 3.63) is 46.5 Å². The molecular weight excluding hydrogens is 493 g/mol. The molecule has 0 saturated heterocycles. The molecule has 10 nitrogen and oxygen atoms in total. The maximum atomic E-state index is 13.1. The van der Waals surface area contributed by atoms with Crippen molar-refractivity contribution in [2.75, 3.05) is 11.9 Å². The number of aliphatic hydroxyl groups excluding tert-OH is 1. The van der Waals surface area contributed by atoms with Gasteiger partial charge in [0, 0.05) is 18.8 Å². The minimum atomic E-state index is -4.44. The summed E-state index contributed by atoms with van der Waals surface area (Å²) in [7, 11) is 1.55. The molecule has 13 heteroatoms. The van der Waals surface area contributed by atoms with Crippen molar-refractivity contribution in [3.63, 3.8) is 0 Å². The Kier molecular flexibility index (Phi) is 7.83. The Bertz CT molecular complexity index is 1290. The molecule has 2 aromatic heterocycles. The van der Waals surface area contributed by atoms with Crippen LogP contribution < -0.4 is 16.2 Å². The van der Waals surface area contributed by atoms with Crippen LogP contribution >= 0.6 is 0 Å². The first kappa shape index (κ1) is 26.6. The second-order valence-corrected chi connectivity index (χ2v) is 9.27. The molecule has 1 fully saturated rings. The van der Waals surface area contributed by atoms with Crippen molar-refractivity contribution in [2.24, 2.45) is 7.05 Å². The van der Waals surface area contributed by atoms with Crippen LogP contribution in [0.3, 0.4) is 0 Å². The van der Waals surface area contributed by atoms with Gasteiger partial charge >= 0.3 is 6.18 Å². The van der Waals surface area contributed by atoms with E-state index in [2.05, 4.69) is 20.7 Å². The third-order valence-electron chi connectivity index (χ3n) is 6.21. The number of fused-ring (bicyclic) bond motifs is 1. The van der Waals surface area contributed by atoms with Crippen LogP contribution in [0.25, 0.3) is 11.0 Å². The summed E-state index contributed by atoms with van der Waals surface area (Å²) in [5.74, 6) is -0.109. The number of nitrogens with zero attached hydrogens (tertiary/aromatic N) is 4. The highest BCUT2D eigenvalue weighted by atomic mass is 19.4. The summed E-state index contributed by atoms with van der Waals surface area (Å²) in [6, 6.07) is 4.40. The van der Waals surface area contributed by atoms with E-state index in [-0.39, 0.29) is 48.1 Å². The largest absolute Gasteiger partial charge is 0.416 e. The minimum Gasteiger partial charge on any atom is -0.391 e. The Hall–Kier alpha value is -3.45. The van der Waals surface area contributed by atoms with Crippen LogP contribution in [0.15, 0.2) is 35.4 Å². The van der Waals surface area contributed by atoms with E-state index in [1.165, 1.54) is 27.7 Å². The normalized spacial score (nSPS) is 19.1. The number of nitrogens with one attached hydrogen (secondary N) is 2. The summed E-state index contributed by atoms with van der Waals surface area (Å²) in [5.41, 5.74) is -0.504. The van der Waals surface area contributed by atoms with Crippen molar-refractivity contribution in [3.8, 4) is 0 Å². The van der Waals surface area contributed by atoms with Crippen LogP contribution in [-0.4, -0.2) is 55.2 Å². The van der Waals surface area contributed by atoms with E-state index < -0.39 is 23.4 Å². The molecule has 0 radical (unpaired) electrons. The molecule has 1 aromatic carbocycles. The van der Waals surface area contributed by atoms with Crippen LogP contribution in [0.4, 0.5) is 24.7 Å². The molecule has 1 atom stereocenters. The average molecular weight is 523 g/mol. The van der Waals surface area contributed by atoms with Crippen LogP contribution in [0, 0.1) is 0 Å². The molecule has 4 rings (SSSR count). The summed E-state index contributed by atoms with van der Waals surface area (Å²) in [4.78, 5) is 30.0. The number of anilines is 2. The highest BCUT2D eigenvalue weighted by Crippen LogP contribution is 2.31. The van der Waals surface area contributed by atoms with Gasteiger partial charge in [0.2, 0.25) is 5.91 Å². The van der Waals surface area contributed by atoms with Gasteiger partial charge in [-0.3, -0.25) is 18.8 Å². The molecule has 1 aliphatic rings. The van der Waals surface area contributed by atoms with Crippen molar-refractivity contribution >= 4 is 28.4 Å². The molecular formula is C24H29F3N6O4. The Morgan fingerprint density at radius 3 is 2.51 bits per heavy atom. The van der Waals surface area contributed by atoms with Gasteiger partial charge in [-0.1, -0.05) is 0 Å². The fourth-order valence-corrected chi connectivity index (χ4v) is 4.34. The lowest BCUT2D eigenvalue weighted by Gasteiger charge is -2.29. The molecule has 0 unspecified atom stereocenters. The molecule has 1 aliphatic carbocycles. The number of halogens is 3. The lowest BCUT2D eigenvalue weighted by Crippen LogP contribution is -2.42. The Balaban J connectivity index is 1.40. The van der Waals surface area contributed by atoms with E-state index in [0.29, 0.717) is 5.69 Å². The number of ether oxygens (including phenoxy) is 1. The molecule has 1 saturated carbocycles. The SMILES string of the molecule is C[C@@H](O)COC1CCC(NC(=O)Cn2cnc3c(Nc4ccc(C(F)(F)F)cc4)nn(C)c3c2=O)CC1. The van der Waals surface area contributed by atoms with Gasteiger partial charge in [0.1, 0.15) is 12.1 Å². The van der Waals surface area contributed by atoms with Gasteiger partial charge in [0.15, 0.2) is 11.3 Å². The zero-order valence-electron chi connectivity index (χ0n) is 20.5. The molecule has 200 valence electrons. The second-order valence-electron chi connectivity index (χ2n) is 9.27. The molecule has 0 aliphatic heterocycles. The third kappa shape index (κ3) is 6.46. The number of amides is 1. The predicted octanol–water partition coefficient (Wildman–Crippen LogP) is 2.72. The fourth-order valence-electron chi connectivity index (χ4n) is 4.34. The van der Waals surface area contributed by atoms with E-state index in [1.54, 1.807) is 14.0 Å². The van der Waals surface area contributed by atoms with Crippen molar-refractivity contribution in [1.29, 1.82) is 0 Å². The number of hydrogen-bond acceptors (Lipinski definition) is 7. The molecule has 2 heterocycles. The molecule has 0 spiro atoms. The number of carbonyl (C=O) groups excluding carboxylic acids is 1. The molecule has 1 amide bonds. The lowest BCUT2D eigenvalue weighted by atomic mass is 9.93. The van der Waals surface area contributed by atoms with Crippen molar-refractivity contribution in [1.82, 2.24) is 24.6 Å². The number of rotatable bonds is 8. The molecule has 3 aromatic rings. The first-order valence-electron chi connectivity index (χ1n) is 12.0. The predicted molar refractivity (Wildman–Crippen MR) is 129 cm³/mol. The van der Waals surface area contributed by atoms with Gasteiger partial charge < -0.3 is 20.5 Å². The van der Waals surface area contributed by atoms with E-state index in [9.17, 15) is 27.9 Å². The number of benzene rings is 1. The summed E-state index contributed by atoms with van der Waals surface area (Å²) >= 11 is 0.